The SMILES string of the molecule is C=C(C)C(=O)NCC(=O)CC. The highest BCUT2D eigenvalue weighted by Crippen LogP contribution is 1.85. The van der Waals surface area contributed by atoms with Gasteiger partial charge in [-0.25, -0.2) is 0 Å². The van der Waals surface area contributed by atoms with Crippen LogP contribution in [0.5, 0.6) is 0 Å². The van der Waals surface area contributed by atoms with Gasteiger partial charge in [0.15, 0.2) is 5.78 Å². The van der Waals surface area contributed by atoms with Crippen molar-refractivity contribution in [1.29, 1.82) is 0 Å². The molecule has 0 aromatic rings. The number of nitrogens with one attached hydrogen (secondary N) is 1. The number of hydrogen-bond donors (Lipinski definition) is 1. The van der Waals surface area contributed by atoms with Crippen molar-refractivity contribution in [2.45, 2.75) is 20.3 Å². The van der Waals surface area contributed by atoms with Crippen LogP contribution < -0.4 is 5.32 Å². The molecule has 0 saturated heterocycles. The van der Waals surface area contributed by atoms with E-state index in [4.69, 9.17) is 0 Å². The molecule has 0 saturated carbocycles. The molecule has 0 spiro atoms. The second kappa shape index (κ2) is 4.66. The fourth-order valence-electron chi connectivity index (χ4n) is 0.455. The Morgan fingerprint density at radius 3 is 2.36 bits per heavy atom. The minimum Gasteiger partial charge on any atom is -0.345 e. The number of Topliss-reactive ketones (excluding diaryl/α,β-unsaturated/α-hetero) is 1. The molecule has 0 unspecified atom stereocenters. The van der Waals surface area contributed by atoms with Crippen LogP contribution in [0.2, 0.25) is 0 Å². The first-order valence-corrected chi connectivity index (χ1v) is 3.53. The molecule has 0 atom stereocenters. The van der Waals surface area contributed by atoms with E-state index in [2.05, 4.69) is 11.9 Å². The maximum absolute atomic E-state index is 10.8. The summed E-state index contributed by atoms with van der Waals surface area (Å²) in [6.07, 6.45) is 0.455. The number of ketones is 1. The van der Waals surface area contributed by atoms with Crippen LogP contribution in [-0.4, -0.2) is 18.2 Å². The molecule has 62 valence electrons. The molecule has 0 bridgehead atoms. The lowest BCUT2D eigenvalue weighted by Gasteiger charge is -2.01. The molecule has 0 aliphatic carbocycles. The highest BCUT2D eigenvalue weighted by atomic mass is 16.2. The molecule has 0 aromatic heterocycles. The smallest absolute Gasteiger partial charge is 0.246 e. The van der Waals surface area contributed by atoms with Crippen LogP contribution in [0.25, 0.3) is 0 Å². The van der Waals surface area contributed by atoms with Crippen molar-refractivity contribution in [1.82, 2.24) is 5.32 Å². The Balaban J connectivity index is 3.63. The standard InChI is InChI=1S/C8H13NO2/c1-4-7(10)5-9-8(11)6(2)3/h2,4-5H2,1,3H3,(H,9,11). The summed E-state index contributed by atoms with van der Waals surface area (Å²) in [6, 6.07) is 0. The van der Waals surface area contributed by atoms with Gasteiger partial charge in [0.1, 0.15) is 0 Å². The van der Waals surface area contributed by atoms with Crippen LogP contribution in [0.3, 0.4) is 0 Å². The van der Waals surface area contributed by atoms with Gasteiger partial charge >= 0.3 is 0 Å². The first-order chi connectivity index (χ1) is 5.07. The van der Waals surface area contributed by atoms with E-state index in [0.717, 1.165) is 0 Å². The lowest BCUT2D eigenvalue weighted by atomic mass is 10.3. The summed E-state index contributed by atoms with van der Waals surface area (Å²) in [7, 11) is 0. The third kappa shape index (κ3) is 4.31. The summed E-state index contributed by atoms with van der Waals surface area (Å²) in [5.41, 5.74) is 0.425. The number of amides is 1. The van der Waals surface area contributed by atoms with Gasteiger partial charge in [0.25, 0.3) is 0 Å². The third-order valence-electron chi connectivity index (χ3n) is 1.23. The molecular weight excluding hydrogens is 142 g/mol. The molecule has 1 amide bonds. The van der Waals surface area contributed by atoms with Crippen molar-refractivity contribution in [3.8, 4) is 0 Å². The molecule has 0 aliphatic rings. The fourth-order valence-corrected chi connectivity index (χ4v) is 0.455. The van der Waals surface area contributed by atoms with E-state index >= 15 is 0 Å². The van der Waals surface area contributed by atoms with Crippen molar-refractivity contribution < 1.29 is 9.59 Å². The van der Waals surface area contributed by atoms with Gasteiger partial charge in [0.05, 0.1) is 6.54 Å². The Labute approximate surface area is 66.5 Å². The van der Waals surface area contributed by atoms with Crippen LogP contribution in [0.4, 0.5) is 0 Å². The van der Waals surface area contributed by atoms with Crippen LogP contribution in [0.1, 0.15) is 20.3 Å². The normalized spacial score (nSPS) is 8.91. The highest BCUT2D eigenvalue weighted by molar-refractivity contribution is 5.94. The van der Waals surface area contributed by atoms with Gasteiger partial charge in [-0.2, -0.15) is 0 Å². The first kappa shape index (κ1) is 9.88. The quantitative estimate of drug-likeness (QED) is 0.606. The monoisotopic (exact) mass is 155 g/mol. The van der Waals surface area contributed by atoms with Gasteiger partial charge < -0.3 is 5.32 Å². The molecule has 0 heterocycles. The van der Waals surface area contributed by atoms with E-state index < -0.39 is 0 Å². The van der Waals surface area contributed by atoms with E-state index in [0.29, 0.717) is 12.0 Å². The minimum absolute atomic E-state index is 0.0274. The number of carbonyl (C=O) groups is 2. The second-order valence-electron chi connectivity index (χ2n) is 2.36. The zero-order chi connectivity index (χ0) is 8.85. The summed E-state index contributed by atoms with van der Waals surface area (Å²) < 4.78 is 0. The summed E-state index contributed by atoms with van der Waals surface area (Å²) in [5, 5.41) is 2.44. The topological polar surface area (TPSA) is 46.2 Å². The molecule has 3 nitrogen and oxygen atoms in total. The summed E-state index contributed by atoms with van der Waals surface area (Å²) in [6.45, 7) is 6.91. The van der Waals surface area contributed by atoms with E-state index in [1.165, 1.54) is 0 Å². The van der Waals surface area contributed by atoms with Crippen molar-refractivity contribution in [3.05, 3.63) is 12.2 Å². The number of rotatable bonds is 4. The average molecular weight is 155 g/mol. The van der Waals surface area contributed by atoms with E-state index in [-0.39, 0.29) is 18.2 Å². The molecule has 0 fully saturated rings. The van der Waals surface area contributed by atoms with E-state index in [9.17, 15) is 9.59 Å². The highest BCUT2D eigenvalue weighted by Gasteiger charge is 2.02. The molecule has 0 rings (SSSR count). The molecule has 0 radical (unpaired) electrons. The second-order valence-corrected chi connectivity index (χ2v) is 2.36. The summed E-state index contributed by atoms with van der Waals surface area (Å²) in [4.78, 5) is 21.5. The zero-order valence-electron chi connectivity index (χ0n) is 6.94. The van der Waals surface area contributed by atoms with Crippen LogP contribution in [0.15, 0.2) is 12.2 Å². The summed E-state index contributed by atoms with van der Waals surface area (Å²) >= 11 is 0. The van der Waals surface area contributed by atoms with E-state index in [1.807, 2.05) is 0 Å². The predicted octanol–water partition coefficient (Wildman–Crippen LogP) is 0.658. The maximum atomic E-state index is 10.8. The van der Waals surface area contributed by atoms with Crippen molar-refractivity contribution >= 4 is 11.7 Å². The molecule has 3 heteroatoms. The molecule has 11 heavy (non-hydrogen) atoms. The van der Waals surface area contributed by atoms with Crippen LogP contribution in [-0.2, 0) is 9.59 Å². The lowest BCUT2D eigenvalue weighted by molar-refractivity contribution is -0.122. The number of carbonyl (C=O) groups excluding carboxylic acids is 2. The number of hydrogen-bond acceptors (Lipinski definition) is 2. The molecule has 0 aliphatic heterocycles. The van der Waals surface area contributed by atoms with Gasteiger partial charge in [0.2, 0.25) is 5.91 Å². The summed E-state index contributed by atoms with van der Waals surface area (Å²) in [5.74, 6) is -0.230. The zero-order valence-corrected chi connectivity index (χ0v) is 6.94. The van der Waals surface area contributed by atoms with Gasteiger partial charge in [-0.05, 0) is 6.92 Å². The van der Waals surface area contributed by atoms with Crippen molar-refractivity contribution in [2.75, 3.05) is 6.54 Å². The van der Waals surface area contributed by atoms with Gasteiger partial charge in [-0.15, -0.1) is 0 Å². The first-order valence-electron chi connectivity index (χ1n) is 3.53. The third-order valence-corrected chi connectivity index (χ3v) is 1.23. The molecular formula is C8H13NO2. The average Bonchev–Trinajstić information content (AvgIpc) is 1.99. The Kier molecular flexibility index (Phi) is 4.18. The maximum Gasteiger partial charge on any atom is 0.246 e. The van der Waals surface area contributed by atoms with Crippen LogP contribution in [0, 0.1) is 0 Å². The Hall–Kier alpha value is -1.12. The van der Waals surface area contributed by atoms with Gasteiger partial charge in [0, 0.05) is 12.0 Å². The Bertz CT molecular complexity index is 185. The van der Waals surface area contributed by atoms with Crippen LogP contribution >= 0.6 is 0 Å². The van der Waals surface area contributed by atoms with Crippen molar-refractivity contribution in [2.24, 2.45) is 0 Å². The molecule has 1 N–H and O–H groups in total. The Morgan fingerprint density at radius 2 is 2.00 bits per heavy atom. The lowest BCUT2D eigenvalue weighted by Crippen LogP contribution is -2.29. The largest absolute Gasteiger partial charge is 0.345 e. The molecule has 0 aromatic carbocycles. The van der Waals surface area contributed by atoms with Crippen molar-refractivity contribution in [3.63, 3.8) is 0 Å². The predicted molar refractivity (Wildman–Crippen MR) is 43.1 cm³/mol. The van der Waals surface area contributed by atoms with E-state index in [1.54, 1.807) is 13.8 Å². The minimum atomic E-state index is -0.258. The van der Waals surface area contributed by atoms with Gasteiger partial charge in [-0.1, -0.05) is 13.5 Å². The fraction of sp³-hybridized carbons (Fsp3) is 0.500. The van der Waals surface area contributed by atoms with Gasteiger partial charge in [-0.3, -0.25) is 9.59 Å². The Morgan fingerprint density at radius 1 is 1.45 bits per heavy atom.